The van der Waals surface area contributed by atoms with Crippen molar-refractivity contribution in [2.24, 2.45) is 5.41 Å². The molecule has 0 bridgehead atoms. The fraction of sp³-hybridized carbons (Fsp3) is 0.583. The summed E-state index contributed by atoms with van der Waals surface area (Å²) in [5, 5.41) is 0. The summed E-state index contributed by atoms with van der Waals surface area (Å²) in [6.45, 7) is 9.34. The Balaban J connectivity index is 2.79. The second-order valence-corrected chi connectivity index (χ2v) is 5.45. The van der Waals surface area contributed by atoms with Gasteiger partial charge in [0.1, 0.15) is 0 Å². The number of nitrogens with zero attached hydrogens (tertiary/aromatic N) is 1. The summed E-state index contributed by atoms with van der Waals surface area (Å²) in [6.07, 6.45) is 3.96. The first-order valence-corrected chi connectivity index (χ1v) is 5.51. The second-order valence-electron chi connectivity index (χ2n) is 5.45. The molecule has 0 aromatic carbocycles. The quantitative estimate of drug-likeness (QED) is 0.636. The predicted octanol–water partition coefficient (Wildman–Crippen LogP) is 2.40. The molecule has 0 fully saturated rings. The molecule has 3 nitrogen and oxygen atoms in total. The van der Waals surface area contributed by atoms with Gasteiger partial charge in [-0.3, -0.25) is 4.79 Å². The average Bonchev–Trinajstić information content (AvgIpc) is 2.08. The molecule has 0 radical (unpaired) electrons. The Kier molecular flexibility index (Phi) is 3.51. The second kappa shape index (κ2) is 4.36. The van der Waals surface area contributed by atoms with E-state index in [0.717, 1.165) is 10.9 Å². The first-order chi connectivity index (χ1) is 7.21. The molecule has 0 aromatic rings. The van der Waals surface area contributed by atoms with E-state index in [1.165, 1.54) is 0 Å². The summed E-state index contributed by atoms with van der Waals surface area (Å²) in [4.78, 5) is 13.8. The van der Waals surface area contributed by atoms with Gasteiger partial charge in [0.15, 0.2) is 0 Å². The van der Waals surface area contributed by atoms with Crippen LogP contribution in [0.25, 0.3) is 0 Å². The van der Waals surface area contributed by atoms with E-state index >= 15 is 0 Å². The van der Waals surface area contributed by atoms with Gasteiger partial charge in [-0.15, -0.1) is 0 Å². The van der Waals surface area contributed by atoms with Crippen molar-refractivity contribution in [3.8, 4) is 0 Å². The molecular weight excluding hydrogens is 201 g/mol. The Hall–Kier alpha value is -1.19. The Morgan fingerprint density at radius 1 is 1.25 bits per heavy atom. The first kappa shape index (κ1) is 12.9. The third-order valence-corrected chi connectivity index (χ3v) is 2.48. The van der Waals surface area contributed by atoms with Crippen LogP contribution >= 0.6 is 0 Å². The number of carbonyl (C=O) groups excluding carboxylic acids is 1. The zero-order chi connectivity index (χ0) is 12.5. The van der Waals surface area contributed by atoms with E-state index in [0.29, 0.717) is 0 Å². The zero-order valence-corrected chi connectivity index (χ0v) is 11.0. The van der Waals surface area contributed by atoms with Crippen molar-refractivity contribution in [3.63, 3.8) is 0 Å². The Labute approximate surface area is 98.3 Å². The van der Waals surface area contributed by atoms with Gasteiger partial charge >= 0.3 is 6.92 Å². The molecule has 0 spiro atoms. The van der Waals surface area contributed by atoms with Gasteiger partial charge in [0.05, 0.1) is 5.41 Å². The van der Waals surface area contributed by atoms with Gasteiger partial charge < -0.3 is 9.55 Å². The molecule has 1 aliphatic heterocycles. The van der Waals surface area contributed by atoms with E-state index < -0.39 is 5.41 Å². The maximum Gasteiger partial charge on any atom is 0.423 e. The van der Waals surface area contributed by atoms with Crippen LogP contribution in [0.5, 0.6) is 0 Å². The van der Waals surface area contributed by atoms with Crippen molar-refractivity contribution >= 4 is 12.9 Å². The molecule has 0 atom stereocenters. The lowest BCUT2D eigenvalue weighted by Crippen LogP contribution is -2.35. The summed E-state index contributed by atoms with van der Waals surface area (Å²) in [7, 11) is 1.97. The largest absolute Gasteiger partial charge is 0.526 e. The van der Waals surface area contributed by atoms with Gasteiger partial charge in [0, 0.05) is 7.05 Å². The Bertz CT molecular complexity index is 333. The molecular formula is C12H20BNO2. The SMILES string of the molecule is CC1=CN(C)C=C(C)B1OC(=O)C(C)(C)C. The van der Waals surface area contributed by atoms with Crippen molar-refractivity contribution in [2.45, 2.75) is 34.6 Å². The summed E-state index contributed by atoms with van der Waals surface area (Å²) in [6, 6.07) is 0. The first-order valence-electron chi connectivity index (χ1n) is 5.51. The van der Waals surface area contributed by atoms with E-state index in [9.17, 15) is 4.79 Å². The molecule has 1 heterocycles. The summed E-state index contributed by atoms with van der Waals surface area (Å²) >= 11 is 0. The van der Waals surface area contributed by atoms with Crippen LogP contribution < -0.4 is 0 Å². The fourth-order valence-electron chi connectivity index (χ4n) is 1.64. The minimum Gasteiger partial charge on any atom is -0.526 e. The van der Waals surface area contributed by atoms with Crippen LogP contribution in [0.1, 0.15) is 34.6 Å². The normalized spacial score (nSPS) is 16.9. The smallest absolute Gasteiger partial charge is 0.423 e. The average molecular weight is 221 g/mol. The molecule has 1 rings (SSSR count). The molecule has 0 aromatic heterocycles. The van der Waals surface area contributed by atoms with Gasteiger partial charge in [-0.2, -0.15) is 0 Å². The van der Waals surface area contributed by atoms with Crippen molar-refractivity contribution in [3.05, 3.63) is 23.3 Å². The monoisotopic (exact) mass is 221 g/mol. The number of hydrogen-bond acceptors (Lipinski definition) is 3. The molecule has 16 heavy (non-hydrogen) atoms. The minimum absolute atomic E-state index is 0.164. The molecule has 0 saturated heterocycles. The zero-order valence-electron chi connectivity index (χ0n) is 11.0. The predicted molar refractivity (Wildman–Crippen MR) is 66.6 cm³/mol. The number of carbonyl (C=O) groups is 1. The molecule has 0 N–H and O–H groups in total. The van der Waals surface area contributed by atoms with Gasteiger partial charge in [0.2, 0.25) is 0 Å². The van der Waals surface area contributed by atoms with E-state index in [2.05, 4.69) is 0 Å². The lowest BCUT2D eigenvalue weighted by molar-refractivity contribution is -0.143. The van der Waals surface area contributed by atoms with E-state index in [1.54, 1.807) is 0 Å². The highest BCUT2D eigenvalue weighted by molar-refractivity contribution is 6.69. The Morgan fingerprint density at radius 3 is 2.06 bits per heavy atom. The highest BCUT2D eigenvalue weighted by Crippen LogP contribution is 2.22. The highest BCUT2D eigenvalue weighted by atomic mass is 16.5. The van der Waals surface area contributed by atoms with Crippen molar-refractivity contribution in [1.29, 1.82) is 0 Å². The van der Waals surface area contributed by atoms with Crippen LogP contribution in [-0.4, -0.2) is 24.8 Å². The maximum absolute atomic E-state index is 11.8. The third-order valence-electron chi connectivity index (χ3n) is 2.48. The van der Waals surface area contributed by atoms with Crippen LogP contribution in [0, 0.1) is 5.41 Å². The summed E-state index contributed by atoms with van der Waals surface area (Å²) in [5.41, 5.74) is 1.66. The fourth-order valence-corrected chi connectivity index (χ4v) is 1.64. The minimum atomic E-state index is -0.454. The van der Waals surface area contributed by atoms with Gasteiger partial charge in [-0.25, -0.2) is 0 Å². The van der Waals surface area contributed by atoms with Crippen LogP contribution in [-0.2, 0) is 9.45 Å². The highest BCUT2D eigenvalue weighted by Gasteiger charge is 2.32. The van der Waals surface area contributed by atoms with Crippen LogP contribution in [0.3, 0.4) is 0 Å². The van der Waals surface area contributed by atoms with Crippen LogP contribution in [0.4, 0.5) is 0 Å². The molecule has 88 valence electrons. The lowest BCUT2D eigenvalue weighted by Gasteiger charge is -2.26. The van der Waals surface area contributed by atoms with Crippen molar-refractivity contribution < 1.29 is 9.45 Å². The van der Waals surface area contributed by atoms with E-state index in [-0.39, 0.29) is 12.9 Å². The summed E-state index contributed by atoms with van der Waals surface area (Å²) in [5.74, 6) is -0.164. The van der Waals surface area contributed by atoms with Crippen LogP contribution in [0.2, 0.25) is 0 Å². The standard InChI is InChI=1S/C12H20BNO2/c1-9-7-14(6)8-10(2)13(9)16-11(15)12(3,4)5/h7-8H,1-6H3. The lowest BCUT2D eigenvalue weighted by atomic mass is 9.54. The molecule has 0 amide bonds. The number of hydrogen-bond donors (Lipinski definition) is 0. The molecule has 0 saturated carbocycles. The van der Waals surface area contributed by atoms with Crippen LogP contribution in [0.15, 0.2) is 23.3 Å². The van der Waals surface area contributed by atoms with Crippen molar-refractivity contribution in [2.75, 3.05) is 7.05 Å². The number of allylic oxidation sites excluding steroid dienone is 2. The maximum atomic E-state index is 11.8. The van der Waals surface area contributed by atoms with Gasteiger partial charge in [0.25, 0.3) is 5.97 Å². The molecule has 1 aliphatic rings. The van der Waals surface area contributed by atoms with Crippen molar-refractivity contribution in [1.82, 2.24) is 4.90 Å². The Morgan fingerprint density at radius 2 is 1.69 bits per heavy atom. The number of rotatable bonds is 1. The molecule has 0 unspecified atom stereocenters. The van der Waals surface area contributed by atoms with E-state index in [4.69, 9.17) is 4.65 Å². The van der Waals surface area contributed by atoms with E-state index in [1.807, 2.05) is 59.0 Å². The topological polar surface area (TPSA) is 29.5 Å². The molecule has 4 heteroatoms. The molecule has 0 aliphatic carbocycles. The summed E-state index contributed by atoms with van der Waals surface area (Å²) < 4.78 is 5.53. The van der Waals surface area contributed by atoms with Gasteiger partial charge in [-0.1, -0.05) is 0 Å². The third kappa shape index (κ3) is 2.91. The van der Waals surface area contributed by atoms with Gasteiger partial charge in [-0.05, 0) is 58.0 Å².